The smallest absolute Gasteiger partial charge is 0.234 e. The van der Waals surface area contributed by atoms with Gasteiger partial charge in [0, 0.05) is 4.88 Å². The highest BCUT2D eigenvalue weighted by Crippen LogP contribution is 2.24. The molecule has 0 aliphatic carbocycles. The lowest BCUT2D eigenvalue weighted by molar-refractivity contribution is -0.107. The van der Waals surface area contributed by atoms with Crippen LogP contribution in [0, 0.1) is 6.92 Å². The minimum absolute atomic E-state index is 0.178. The van der Waals surface area contributed by atoms with E-state index in [1.165, 1.54) is 4.88 Å². The number of aromatic nitrogens is 2. The Balaban J connectivity index is 2.28. The quantitative estimate of drug-likeness (QED) is 0.722. The van der Waals surface area contributed by atoms with Crippen LogP contribution in [-0.4, -0.2) is 16.4 Å². The van der Waals surface area contributed by atoms with Crippen LogP contribution in [0.2, 0.25) is 0 Å². The van der Waals surface area contributed by atoms with Crippen LogP contribution in [0.15, 0.2) is 16.7 Å². The van der Waals surface area contributed by atoms with Gasteiger partial charge in [-0.05, 0) is 19.1 Å². The van der Waals surface area contributed by atoms with Crippen molar-refractivity contribution < 1.29 is 9.32 Å². The van der Waals surface area contributed by atoms with E-state index in [1.807, 2.05) is 19.1 Å². The molecule has 0 bridgehead atoms. The maximum atomic E-state index is 10.2. The standard InChI is InChI=1S/C9H8N2O2S/c1-6-2-3-7(14-6)9-10-8(4-5-12)13-11-9/h2-3,5H,4H2,1H3. The predicted octanol–water partition coefficient (Wildman–Crippen LogP) is 1.85. The molecule has 0 saturated carbocycles. The van der Waals surface area contributed by atoms with Crippen LogP contribution >= 0.6 is 11.3 Å². The molecule has 0 spiro atoms. The Morgan fingerprint density at radius 3 is 3.07 bits per heavy atom. The molecule has 4 nitrogen and oxygen atoms in total. The van der Waals surface area contributed by atoms with Gasteiger partial charge in [0.1, 0.15) is 6.29 Å². The second-order valence-electron chi connectivity index (χ2n) is 2.79. The monoisotopic (exact) mass is 208 g/mol. The van der Waals surface area contributed by atoms with Gasteiger partial charge in [0.2, 0.25) is 11.7 Å². The molecule has 2 heterocycles. The summed E-state index contributed by atoms with van der Waals surface area (Å²) in [6, 6.07) is 3.94. The minimum Gasteiger partial charge on any atom is -0.338 e. The molecule has 0 amide bonds. The molecular weight excluding hydrogens is 200 g/mol. The van der Waals surface area contributed by atoms with Crippen LogP contribution < -0.4 is 0 Å². The van der Waals surface area contributed by atoms with Crippen molar-refractivity contribution in [3.05, 3.63) is 22.9 Å². The van der Waals surface area contributed by atoms with E-state index < -0.39 is 0 Å². The average molecular weight is 208 g/mol. The highest BCUT2D eigenvalue weighted by molar-refractivity contribution is 7.15. The summed E-state index contributed by atoms with van der Waals surface area (Å²) in [4.78, 5) is 16.4. The largest absolute Gasteiger partial charge is 0.338 e. The van der Waals surface area contributed by atoms with Gasteiger partial charge in [0.15, 0.2) is 0 Å². The lowest BCUT2D eigenvalue weighted by Crippen LogP contribution is -1.84. The first-order valence-corrected chi connectivity index (χ1v) is 4.94. The molecule has 2 rings (SSSR count). The molecule has 0 aliphatic rings. The zero-order valence-electron chi connectivity index (χ0n) is 7.56. The lowest BCUT2D eigenvalue weighted by atomic mass is 10.4. The fraction of sp³-hybridized carbons (Fsp3) is 0.222. The van der Waals surface area contributed by atoms with E-state index in [2.05, 4.69) is 10.1 Å². The van der Waals surface area contributed by atoms with Gasteiger partial charge in [0.25, 0.3) is 0 Å². The van der Waals surface area contributed by atoms with Crippen LogP contribution in [0.3, 0.4) is 0 Å². The van der Waals surface area contributed by atoms with Crippen LogP contribution in [0.5, 0.6) is 0 Å². The van der Waals surface area contributed by atoms with Gasteiger partial charge in [0.05, 0.1) is 11.3 Å². The molecule has 5 heteroatoms. The maximum absolute atomic E-state index is 10.2. The lowest BCUT2D eigenvalue weighted by Gasteiger charge is -1.82. The molecule has 14 heavy (non-hydrogen) atoms. The number of thiophene rings is 1. The van der Waals surface area contributed by atoms with Gasteiger partial charge in [-0.15, -0.1) is 11.3 Å². The Morgan fingerprint density at radius 2 is 2.43 bits per heavy atom. The molecule has 0 aliphatic heterocycles. The SMILES string of the molecule is Cc1ccc(-c2noc(CC=O)n2)s1. The Hall–Kier alpha value is -1.49. The summed E-state index contributed by atoms with van der Waals surface area (Å²) in [6.45, 7) is 2.01. The minimum atomic E-state index is 0.178. The molecule has 2 aromatic heterocycles. The fourth-order valence-corrected chi connectivity index (χ4v) is 1.86. The van der Waals surface area contributed by atoms with Crippen LogP contribution in [0.4, 0.5) is 0 Å². The molecule has 0 N–H and O–H groups in total. The van der Waals surface area contributed by atoms with Crippen molar-refractivity contribution in [3.8, 4) is 10.7 Å². The normalized spacial score (nSPS) is 10.4. The van der Waals surface area contributed by atoms with E-state index in [4.69, 9.17) is 4.52 Å². The number of carbonyl (C=O) groups is 1. The van der Waals surface area contributed by atoms with Gasteiger partial charge in [-0.2, -0.15) is 4.98 Å². The number of aryl methyl sites for hydroxylation is 1. The molecule has 0 aromatic carbocycles. The first-order valence-electron chi connectivity index (χ1n) is 4.12. The summed E-state index contributed by atoms with van der Waals surface area (Å²) >= 11 is 1.60. The Bertz CT molecular complexity index is 447. The maximum Gasteiger partial charge on any atom is 0.234 e. The van der Waals surface area contributed by atoms with E-state index in [0.29, 0.717) is 11.7 Å². The Labute approximate surface area is 84.6 Å². The van der Waals surface area contributed by atoms with Gasteiger partial charge in [-0.1, -0.05) is 5.16 Å². The third-order valence-corrected chi connectivity index (χ3v) is 2.68. The Kier molecular flexibility index (Phi) is 2.41. The highest BCUT2D eigenvalue weighted by Gasteiger charge is 2.09. The second-order valence-corrected chi connectivity index (χ2v) is 4.08. The molecular formula is C9H8N2O2S. The molecule has 0 atom stereocenters. The van der Waals surface area contributed by atoms with Crippen molar-refractivity contribution >= 4 is 17.6 Å². The topological polar surface area (TPSA) is 56.0 Å². The average Bonchev–Trinajstić information content (AvgIpc) is 2.74. The molecule has 0 fully saturated rings. The summed E-state index contributed by atoms with van der Waals surface area (Å²) in [5.41, 5.74) is 0. The van der Waals surface area contributed by atoms with Crippen molar-refractivity contribution in [1.82, 2.24) is 10.1 Å². The van der Waals surface area contributed by atoms with E-state index >= 15 is 0 Å². The number of hydrogen-bond acceptors (Lipinski definition) is 5. The Morgan fingerprint density at radius 1 is 1.57 bits per heavy atom. The zero-order chi connectivity index (χ0) is 9.97. The molecule has 0 unspecified atom stereocenters. The highest BCUT2D eigenvalue weighted by atomic mass is 32.1. The number of nitrogens with zero attached hydrogens (tertiary/aromatic N) is 2. The van der Waals surface area contributed by atoms with Gasteiger partial charge in [-0.3, -0.25) is 0 Å². The van der Waals surface area contributed by atoms with E-state index in [0.717, 1.165) is 11.2 Å². The molecule has 0 radical (unpaired) electrons. The number of rotatable bonds is 3. The van der Waals surface area contributed by atoms with E-state index in [-0.39, 0.29) is 6.42 Å². The first-order chi connectivity index (χ1) is 6.79. The number of hydrogen-bond donors (Lipinski definition) is 0. The van der Waals surface area contributed by atoms with Crippen molar-refractivity contribution in [2.45, 2.75) is 13.3 Å². The summed E-state index contributed by atoms with van der Waals surface area (Å²) in [7, 11) is 0. The molecule has 2 aromatic rings. The molecule has 0 saturated heterocycles. The predicted molar refractivity (Wildman–Crippen MR) is 52.1 cm³/mol. The fourth-order valence-electron chi connectivity index (χ4n) is 1.06. The van der Waals surface area contributed by atoms with E-state index in [1.54, 1.807) is 11.3 Å². The summed E-state index contributed by atoms with van der Waals surface area (Å²) in [6.07, 6.45) is 0.925. The summed E-state index contributed by atoms with van der Waals surface area (Å²) < 4.78 is 4.88. The second kappa shape index (κ2) is 3.71. The van der Waals surface area contributed by atoms with Crippen molar-refractivity contribution in [3.63, 3.8) is 0 Å². The molecule has 72 valence electrons. The van der Waals surface area contributed by atoms with Crippen LogP contribution in [-0.2, 0) is 11.2 Å². The third-order valence-electron chi connectivity index (χ3n) is 1.69. The number of carbonyl (C=O) groups excluding carboxylic acids is 1. The number of aldehydes is 1. The van der Waals surface area contributed by atoms with Gasteiger partial charge in [-0.25, -0.2) is 0 Å². The van der Waals surface area contributed by atoms with Crippen LogP contribution in [0.25, 0.3) is 10.7 Å². The van der Waals surface area contributed by atoms with Gasteiger partial charge < -0.3 is 9.32 Å². The van der Waals surface area contributed by atoms with Crippen molar-refractivity contribution in [2.75, 3.05) is 0 Å². The summed E-state index contributed by atoms with van der Waals surface area (Å²) in [5.74, 6) is 0.918. The zero-order valence-corrected chi connectivity index (χ0v) is 8.37. The van der Waals surface area contributed by atoms with Crippen LogP contribution in [0.1, 0.15) is 10.8 Å². The summed E-state index contributed by atoms with van der Waals surface area (Å²) in [5, 5.41) is 3.78. The van der Waals surface area contributed by atoms with E-state index in [9.17, 15) is 4.79 Å². The first kappa shape index (κ1) is 9.08. The third kappa shape index (κ3) is 1.72. The van der Waals surface area contributed by atoms with Crippen molar-refractivity contribution in [2.24, 2.45) is 0 Å². The van der Waals surface area contributed by atoms with Gasteiger partial charge >= 0.3 is 0 Å². The van der Waals surface area contributed by atoms with Crippen molar-refractivity contribution in [1.29, 1.82) is 0 Å².